The highest BCUT2D eigenvalue weighted by molar-refractivity contribution is 6.30. The number of aromatic nitrogens is 1. The first-order valence-electron chi connectivity index (χ1n) is 6.51. The molecule has 0 unspecified atom stereocenters. The van der Waals surface area contributed by atoms with Crippen LogP contribution in [0.1, 0.15) is 18.2 Å². The van der Waals surface area contributed by atoms with E-state index in [1.807, 2.05) is 30.3 Å². The zero-order valence-corrected chi connectivity index (χ0v) is 12.3. The minimum Gasteiger partial charge on any atom is -0.450 e. The molecule has 21 heavy (non-hydrogen) atoms. The van der Waals surface area contributed by atoms with Crippen molar-refractivity contribution < 1.29 is 9.53 Å². The van der Waals surface area contributed by atoms with Crippen molar-refractivity contribution in [3.05, 3.63) is 64.9 Å². The second kappa shape index (κ2) is 7.45. The molecule has 2 aromatic rings. The number of alkyl carbamates (subject to hydrolysis) is 1. The van der Waals surface area contributed by atoms with Gasteiger partial charge < -0.3 is 4.74 Å². The number of ether oxygens (including phenoxy) is 1. The topological polar surface area (TPSA) is 51.2 Å². The molecule has 0 aliphatic carbocycles. The summed E-state index contributed by atoms with van der Waals surface area (Å²) in [5, 5.41) is 3.35. The number of rotatable bonds is 4. The number of carbonyl (C=O) groups is 1. The van der Waals surface area contributed by atoms with Gasteiger partial charge in [0, 0.05) is 11.2 Å². The van der Waals surface area contributed by atoms with Gasteiger partial charge in [0.05, 0.1) is 18.0 Å². The molecule has 1 heterocycles. The summed E-state index contributed by atoms with van der Waals surface area (Å²) in [5.41, 5.74) is 2.15. The van der Waals surface area contributed by atoms with Crippen LogP contribution in [0.15, 0.2) is 48.7 Å². The highest BCUT2D eigenvalue weighted by Crippen LogP contribution is 2.18. The number of nitrogens with one attached hydrogen (secondary N) is 1. The van der Waals surface area contributed by atoms with Crippen molar-refractivity contribution in [2.24, 2.45) is 0 Å². The Morgan fingerprint density at radius 1 is 1.29 bits per heavy atom. The number of carbonyl (C=O) groups excluding carboxylic acids is 1. The molecule has 108 valence electrons. The summed E-state index contributed by atoms with van der Waals surface area (Å²) in [6, 6.07) is 12.7. The van der Waals surface area contributed by atoms with Gasteiger partial charge in [-0.3, -0.25) is 10.3 Å². The van der Waals surface area contributed by atoms with Gasteiger partial charge in [-0.2, -0.15) is 0 Å². The first kappa shape index (κ1) is 15.1. The summed E-state index contributed by atoms with van der Waals surface area (Å²) in [6.07, 6.45) is 2.96. The third-order valence-electron chi connectivity index (χ3n) is 2.65. The van der Waals surface area contributed by atoms with Gasteiger partial charge in [-0.1, -0.05) is 29.8 Å². The Bertz CT molecular complexity index is 624. The predicted molar refractivity (Wildman–Crippen MR) is 83.7 cm³/mol. The number of benzene rings is 1. The Morgan fingerprint density at radius 3 is 2.67 bits per heavy atom. The lowest BCUT2D eigenvalue weighted by Gasteiger charge is -2.10. The van der Waals surface area contributed by atoms with E-state index in [4.69, 9.17) is 16.3 Å². The summed E-state index contributed by atoms with van der Waals surface area (Å²) < 4.78 is 4.92. The molecule has 0 saturated carbocycles. The van der Waals surface area contributed by atoms with Crippen LogP contribution in [0.25, 0.3) is 11.8 Å². The molecule has 2 rings (SSSR count). The van der Waals surface area contributed by atoms with Crippen LogP contribution in [-0.4, -0.2) is 17.7 Å². The predicted octanol–water partition coefficient (Wildman–Crippen LogP) is 3.98. The van der Waals surface area contributed by atoms with Crippen LogP contribution in [0, 0.1) is 0 Å². The van der Waals surface area contributed by atoms with Gasteiger partial charge in [0.25, 0.3) is 0 Å². The third kappa shape index (κ3) is 4.61. The van der Waals surface area contributed by atoms with E-state index in [1.165, 1.54) is 0 Å². The molecular weight excluding hydrogens is 288 g/mol. The summed E-state index contributed by atoms with van der Waals surface area (Å²) in [6.45, 7) is 2.06. The van der Waals surface area contributed by atoms with E-state index in [0.29, 0.717) is 17.3 Å². The molecule has 5 heteroatoms. The Morgan fingerprint density at radius 2 is 2.05 bits per heavy atom. The fourth-order valence-corrected chi connectivity index (χ4v) is 1.83. The van der Waals surface area contributed by atoms with E-state index >= 15 is 0 Å². The number of pyridine rings is 1. The molecule has 0 atom stereocenters. The number of hydrogen-bond acceptors (Lipinski definition) is 3. The van der Waals surface area contributed by atoms with E-state index in [2.05, 4.69) is 10.3 Å². The van der Waals surface area contributed by atoms with Gasteiger partial charge >= 0.3 is 6.09 Å². The first-order chi connectivity index (χ1) is 10.2. The van der Waals surface area contributed by atoms with Gasteiger partial charge in [-0.15, -0.1) is 0 Å². The van der Waals surface area contributed by atoms with Crippen LogP contribution in [-0.2, 0) is 4.74 Å². The van der Waals surface area contributed by atoms with E-state index in [9.17, 15) is 4.79 Å². The molecule has 1 amide bonds. The van der Waals surface area contributed by atoms with Gasteiger partial charge in [0.1, 0.15) is 0 Å². The normalized spacial score (nSPS) is 11.0. The maximum absolute atomic E-state index is 11.7. The molecule has 4 nitrogen and oxygen atoms in total. The van der Waals surface area contributed by atoms with Crippen LogP contribution < -0.4 is 5.32 Å². The molecule has 0 spiro atoms. The fraction of sp³-hybridized carbons (Fsp3) is 0.125. The van der Waals surface area contributed by atoms with Crippen molar-refractivity contribution in [2.45, 2.75) is 6.92 Å². The van der Waals surface area contributed by atoms with E-state index in [1.54, 1.807) is 31.3 Å². The van der Waals surface area contributed by atoms with Crippen LogP contribution in [0.5, 0.6) is 0 Å². The molecule has 0 aliphatic rings. The summed E-state index contributed by atoms with van der Waals surface area (Å²) in [7, 11) is 0. The molecule has 0 saturated heterocycles. The Kier molecular flexibility index (Phi) is 5.35. The molecule has 1 aromatic carbocycles. The van der Waals surface area contributed by atoms with Gasteiger partial charge in [0.15, 0.2) is 0 Å². The fourth-order valence-electron chi connectivity index (χ4n) is 1.71. The molecule has 0 aliphatic heterocycles. The largest absolute Gasteiger partial charge is 0.450 e. The maximum atomic E-state index is 11.7. The van der Waals surface area contributed by atoms with Crippen molar-refractivity contribution in [3.8, 4) is 0 Å². The maximum Gasteiger partial charge on any atom is 0.411 e. The highest BCUT2D eigenvalue weighted by Gasteiger charge is 2.08. The smallest absolute Gasteiger partial charge is 0.411 e. The average molecular weight is 303 g/mol. The standard InChI is InChI=1S/C16H15ClN2O2/c1-2-21-16(20)19-15(11-14-5-3-4-10-18-14)12-6-8-13(17)9-7-12/h3-11H,2H2,1H3,(H,19,20)/b15-11-. The van der Waals surface area contributed by atoms with Crippen LogP contribution in [0.3, 0.4) is 0 Å². The highest BCUT2D eigenvalue weighted by atomic mass is 35.5. The molecule has 1 N–H and O–H groups in total. The van der Waals surface area contributed by atoms with E-state index in [0.717, 1.165) is 11.3 Å². The van der Waals surface area contributed by atoms with Crippen molar-refractivity contribution in [1.29, 1.82) is 0 Å². The lowest BCUT2D eigenvalue weighted by molar-refractivity contribution is 0.157. The molecular formula is C16H15ClN2O2. The van der Waals surface area contributed by atoms with Crippen LogP contribution in [0.4, 0.5) is 4.79 Å². The molecule has 0 fully saturated rings. The molecule has 1 aromatic heterocycles. The summed E-state index contributed by atoms with van der Waals surface area (Å²) in [4.78, 5) is 15.9. The SMILES string of the molecule is CCOC(=O)N/C(=C\c1ccccn1)c1ccc(Cl)cc1. The minimum absolute atomic E-state index is 0.309. The second-order valence-electron chi connectivity index (χ2n) is 4.16. The van der Waals surface area contributed by atoms with Crippen molar-refractivity contribution in [1.82, 2.24) is 10.3 Å². The Labute approximate surface area is 128 Å². The third-order valence-corrected chi connectivity index (χ3v) is 2.90. The number of nitrogens with zero attached hydrogens (tertiary/aromatic N) is 1. The van der Waals surface area contributed by atoms with Gasteiger partial charge in [-0.05, 0) is 42.8 Å². The molecule has 0 radical (unpaired) electrons. The number of hydrogen-bond donors (Lipinski definition) is 1. The van der Waals surface area contributed by atoms with Gasteiger partial charge in [-0.25, -0.2) is 4.79 Å². The summed E-state index contributed by atoms with van der Waals surface area (Å²) >= 11 is 5.89. The Balaban J connectivity index is 2.32. The van der Waals surface area contributed by atoms with E-state index < -0.39 is 6.09 Å². The average Bonchev–Trinajstić information content (AvgIpc) is 2.49. The van der Waals surface area contributed by atoms with Crippen molar-refractivity contribution >= 4 is 29.5 Å². The van der Waals surface area contributed by atoms with Crippen molar-refractivity contribution in [3.63, 3.8) is 0 Å². The second-order valence-corrected chi connectivity index (χ2v) is 4.60. The van der Waals surface area contributed by atoms with Gasteiger partial charge in [0.2, 0.25) is 0 Å². The monoisotopic (exact) mass is 302 g/mol. The zero-order chi connectivity index (χ0) is 15.1. The summed E-state index contributed by atoms with van der Waals surface area (Å²) in [5.74, 6) is 0. The van der Waals surface area contributed by atoms with Crippen molar-refractivity contribution in [2.75, 3.05) is 6.61 Å². The quantitative estimate of drug-likeness (QED) is 0.929. The lowest BCUT2D eigenvalue weighted by atomic mass is 10.1. The van der Waals surface area contributed by atoms with Crippen LogP contribution in [0.2, 0.25) is 5.02 Å². The van der Waals surface area contributed by atoms with Crippen LogP contribution >= 0.6 is 11.6 Å². The first-order valence-corrected chi connectivity index (χ1v) is 6.89. The molecule has 0 bridgehead atoms. The van der Waals surface area contributed by atoms with E-state index in [-0.39, 0.29) is 0 Å². The zero-order valence-electron chi connectivity index (χ0n) is 11.5. The Hall–Kier alpha value is -2.33. The number of amides is 1. The number of halogens is 1. The lowest BCUT2D eigenvalue weighted by Crippen LogP contribution is -2.22. The minimum atomic E-state index is -0.505.